The van der Waals surface area contributed by atoms with E-state index < -0.39 is 11.9 Å². The maximum Gasteiger partial charge on any atom is 0.313 e. The van der Waals surface area contributed by atoms with Crippen molar-refractivity contribution in [3.63, 3.8) is 0 Å². The first-order valence-electron chi connectivity index (χ1n) is 2.77. The minimum absolute atomic E-state index is 0.442. The fourth-order valence-electron chi connectivity index (χ4n) is 0.768. The van der Waals surface area contributed by atoms with Gasteiger partial charge in [0.2, 0.25) is 5.91 Å². The summed E-state index contributed by atoms with van der Waals surface area (Å²) in [4.78, 5) is 21.9. The zero-order valence-electron chi connectivity index (χ0n) is 5.24. The van der Waals surface area contributed by atoms with Gasteiger partial charge in [0.05, 0.1) is 5.88 Å². The second kappa shape index (κ2) is 2.92. The molecule has 1 unspecified atom stereocenters. The Bertz CT molecular complexity index is 162. The lowest BCUT2D eigenvalue weighted by Crippen LogP contribution is -2.40. The first-order chi connectivity index (χ1) is 4.75. The third-order valence-electron chi connectivity index (χ3n) is 1.33. The van der Waals surface area contributed by atoms with Crippen molar-refractivity contribution in [1.82, 2.24) is 4.90 Å². The Labute approximate surface area is 62.7 Å². The van der Waals surface area contributed by atoms with Crippen molar-refractivity contribution in [3.8, 4) is 0 Å². The van der Waals surface area contributed by atoms with Gasteiger partial charge < -0.3 is 10.6 Å². The first kappa shape index (κ1) is 7.40. The molecule has 1 heterocycles. The van der Waals surface area contributed by atoms with Crippen LogP contribution >= 0.6 is 11.8 Å². The zero-order chi connectivity index (χ0) is 7.56. The number of primary amides is 1. The molecule has 0 aromatic carbocycles. The predicted octanol–water partition coefficient (Wildman–Crippen LogP) is -1.09. The Balaban J connectivity index is 2.58. The van der Waals surface area contributed by atoms with E-state index in [1.807, 2.05) is 0 Å². The standard InChI is InChI=1S/C5H7N2O2S/c6-5(9)4-1-10-3-7(4)2-8/h4H,1,3H2,(H2,6,9). The van der Waals surface area contributed by atoms with Gasteiger partial charge in [0.25, 0.3) is 0 Å². The van der Waals surface area contributed by atoms with E-state index in [0.29, 0.717) is 11.6 Å². The maximum absolute atomic E-state index is 10.6. The van der Waals surface area contributed by atoms with Crippen LogP contribution in [-0.2, 0) is 9.59 Å². The number of thioether (sulfide) groups is 1. The third kappa shape index (κ3) is 1.23. The molecule has 55 valence electrons. The van der Waals surface area contributed by atoms with Crippen LogP contribution < -0.4 is 5.73 Å². The summed E-state index contributed by atoms with van der Waals surface area (Å²) in [6.07, 6.45) is 1.66. The molecular weight excluding hydrogens is 152 g/mol. The van der Waals surface area contributed by atoms with Gasteiger partial charge in [-0.1, -0.05) is 0 Å². The van der Waals surface area contributed by atoms with E-state index in [1.54, 1.807) is 6.41 Å². The quantitative estimate of drug-likeness (QED) is 0.557. The fraction of sp³-hybridized carbons (Fsp3) is 0.600. The Morgan fingerprint density at radius 2 is 2.50 bits per heavy atom. The third-order valence-corrected chi connectivity index (χ3v) is 2.34. The molecule has 0 aliphatic carbocycles. The number of nitrogens with two attached hydrogens (primary N) is 1. The largest absolute Gasteiger partial charge is 0.368 e. The first-order valence-corrected chi connectivity index (χ1v) is 3.92. The van der Waals surface area contributed by atoms with Gasteiger partial charge >= 0.3 is 6.41 Å². The van der Waals surface area contributed by atoms with Gasteiger partial charge in [0.15, 0.2) is 0 Å². The molecular formula is C5H7N2O2S. The zero-order valence-corrected chi connectivity index (χ0v) is 6.06. The van der Waals surface area contributed by atoms with E-state index >= 15 is 0 Å². The smallest absolute Gasteiger partial charge is 0.313 e. The normalized spacial score (nSPS) is 24.8. The average Bonchev–Trinajstić information content (AvgIpc) is 2.33. The van der Waals surface area contributed by atoms with Gasteiger partial charge in [-0.05, 0) is 0 Å². The highest BCUT2D eigenvalue weighted by Crippen LogP contribution is 2.17. The van der Waals surface area contributed by atoms with Crippen molar-refractivity contribution < 1.29 is 9.59 Å². The molecule has 0 aromatic heterocycles. The molecule has 0 aromatic rings. The highest BCUT2D eigenvalue weighted by atomic mass is 32.2. The molecule has 2 amide bonds. The molecule has 10 heavy (non-hydrogen) atoms. The monoisotopic (exact) mass is 159 g/mol. The number of carbonyl (C=O) groups is 1. The van der Waals surface area contributed by atoms with Crippen molar-refractivity contribution >= 4 is 24.1 Å². The van der Waals surface area contributed by atoms with Crippen LogP contribution in [-0.4, -0.2) is 34.9 Å². The van der Waals surface area contributed by atoms with E-state index in [4.69, 9.17) is 5.73 Å². The van der Waals surface area contributed by atoms with Crippen LogP contribution in [0.5, 0.6) is 0 Å². The fourth-order valence-corrected chi connectivity index (χ4v) is 1.87. The summed E-state index contributed by atoms with van der Waals surface area (Å²) in [6.45, 7) is 0. The average molecular weight is 159 g/mol. The van der Waals surface area contributed by atoms with Gasteiger partial charge in [0.1, 0.15) is 6.04 Å². The number of nitrogens with zero attached hydrogens (tertiary/aromatic N) is 1. The minimum Gasteiger partial charge on any atom is -0.368 e. The van der Waals surface area contributed by atoms with Gasteiger partial charge in [0, 0.05) is 5.75 Å². The van der Waals surface area contributed by atoms with Crippen LogP contribution in [0.2, 0.25) is 0 Å². The lowest BCUT2D eigenvalue weighted by atomic mass is 10.3. The molecule has 1 aliphatic rings. The number of carbonyl (C=O) groups excluding carboxylic acids is 2. The van der Waals surface area contributed by atoms with E-state index in [1.165, 1.54) is 16.7 Å². The van der Waals surface area contributed by atoms with Crippen molar-refractivity contribution in [2.75, 3.05) is 11.6 Å². The van der Waals surface area contributed by atoms with Crippen LogP contribution in [0, 0.1) is 0 Å². The molecule has 1 fully saturated rings. The summed E-state index contributed by atoms with van der Waals surface area (Å²) in [5.41, 5.74) is 4.99. The summed E-state index contributed by atoms with van der Waals surface area (Å²) in [5, 5.41) is 0. The molecule has 0 spiro atoms. The lowest BCUT2D eigenvalue weighted by molar-refractivity contribution is -0.120. The minimum atomic E-state index is -0.451. The van der Waals surface area contributed by atoms with Crippen LogP contribution in [0.4, 0.5) is 0 Å². The summed E-state index contributed by atoms with van der Waals surface area (Å²) in [5.74, 6) is 0.676. The van der Waals surface area contributed by atoms with Crippen molar-refractivity contribution in [3.05, 3.63) is 0 Å². The SMILES string of the molecule is NC(=O)C1CSCN1[C]=O. The number of amides is 2. The topological polar surface area (TPSA) is 63.4 Å². The molecule has 0 bridgehead atoms. The van der Waals surface area contributed by atoms with Gasteiger partial charge in [-0.2, -0.15) is 0 Å². The van der Waals surface area contributed by atoms with Crippen molar-refractivity contribution in [2.45, 2.75) is 6.04 Å². The molecule has 1 radical (unpaired) electrons. The Morgan fingerprint density at radius 1 is 1.80 bits per heavy atom. The second-order valence-corrected chi connectivity index (χ2v) is 2.98. The Kier molecular flexibility index (Phi) is 2.16. The Morgan fingerprint density at radius 3 is 2.90 bits per heavy atom. The molecule has 1 atom stereocenters. The molecule has 4 nitrogen and oxygen atoms in total. The lowest BCUT2D eigenvalue weighted by Gasteiger charge is -2.12. The van der Waals surface area contributed by atoms with Crippen LogP contribution in [0.1, 0.15) is 0 Å². The van der Waals surface area contributed by atoms with E-state index in [0.717, 1.165) is 0 Å². The number of hydrogen-bond donors (Lipinski definition) is 1. The summed E-state index contributed by atoms with van der Waals surface area (Å²) < 4.78 is 0. The van der Waals surface area contributed by atoms with Gasteiger partial charge in [-0.15, -0.1) is 11.8 Å². The molecule has 1 aliphatic heterocycles. The van der Waals surface area contributed by atoms with Crippen LogP contribution in [0.25, 0.3) is 0 Å². The van der Waals surface area contributed by atoms with E-state index in [-0.39, 0.29) is 0 Å². The maximum atomic E-state index is 10.6. The molecule has 1 saturated heterocycles. The van der Waals surface area contributed by atoms with Gasteiger partial charge in [-0.3, -0.25) is 9.59 Å². The number of hydrogen-bond acceptors (Lipinski definition) is 3. The Hall–Kier alpha value is -0.710. The van der Waals surface area contributed by atoms with Crippen LogP contribution in [0.3, 0.4) is 0 Å². The predicted molar refractivity (Wildman–Crippen MR) is 37.8 cm³/mol. The van der Waals surface area contributed by atoms with E-state index in [2.05, 4.69) is 0 Å². The molecule has 1 rings (SSSR count). The van der Waals surface area contributed by atoms with Crippen molar-refractivity contribution in [2.24, 2.45) is 5.73 Å². The highest BCUT2D eigenvalue weighted by molar-refractivity contribution is 7.99. The molecule has 5 heteroatoms. The molecule has 0 saturated carbocycles. The summed E-state index contributed by atoms with van der Waals surface area (Å²) in [6, 6.07) is -0.442. The highest BCUT2D eigenvalue weighted by Gasteiger charge is 2.28. The van der Waals surface area contributed by atoms with Gasteiger partial charge in [-0.25, -0.2) is 0 Å². The summed E-state index contributed by atoms with van der Waals surface area (Å²) >= 11 is 1.51. The molecule has 2 N–H and O–H groups in total. The summed E-state index contributed by atoms with van der Waals surface area (Å²) in [7, 11) is 0. The second-order valence-electron chi connectivity index (χ2n) is 1.98. The van der Waals surface area contributed by atoms with Crippen LogP contribution in [0.15, 0.2) is 0 Å². The number of rotatable bonds is 2. The van der Waals surface area contributed by atoms with E-state index in [9.17, 15) is 9.59 Å². The van der Waals surface area contributed by atoms with Crippen molar-refractivity contribution in [1.29, 1.82) is 0 Å².